The van der Waals surface area contributed by atoms with E-state index in [1.54, 1.807) is 24.3 Å². The summed E-state index contributed by atoms with van der Waals surface area (Å²) in [6.07, 6.45) is 0.960. The number of nitrogens with zero attached hydrogens (tertiary/aromatic N) is 2. The van der Waals surface area contributed by atoms with Crippen molar-refractivity contribution in [2.24, 2.45) is 0 Å². The van der Waals surface area contributed by atoms with Gasteiger partial charge in [-0.1, -0.05) is 6.92 Å². The van der Waals surface area contributed by atoms with E-state index in [1.165, 1.54) is 6.92 Å². The van der Waals surface area contributed by atoms with Crippen LogP contribution in [0, 0.1) is 0 Å². The van der Waals surface area contributed by atoms with Gasteiger partial charge in [0.1, 0.15) is 0 Å². The first-order valence-electron chi connectivity index (χ1n) is 8.69. The van der Waals surface area contributed by atoms with Gasteiger partial charge in [0, 0.05) is 50.9 Å². The fraction of sp³-hybridized carbons (Fsp3) is 0.556. The summed E-state index contributed by atoms with van der Waals surface area (Å²) in [6.45, 7) is 11.0. The average Bonchev–Trinajstić information content (AvgIpc) is 2.59. The van der Waals surface area contributed by atoms with Gasteiger partial charge in [0.25, 0.3) is 5.91 Å². The van der Waals surface area contributed by atoms with Crippen LogP contribution in [0.15, 0.2) is 24.3 Å². The minimum Gasteiger partial charge on any atom is -0.352 e. The van der Waals surface area contributed by atoms with Crippen molar-refractivity contribution in [3.05, 3.63) is 29.8 Å². The molecule has 2 amide bonds. The number of likely N-dealkylation sites (N-methyl/N-ethyl adjacent to an activating group) is 1. The number of amides is 2. The number of benzene rings is 1. The maximum Gasteiger partial charge on any atom is 0.251 e. The lowest BCUT2D eigenvalue weighted by Gasteiger charge is -2.33. The number of nitrogens with one attached hydrogen (secondary N) is 2. The summed E-state index contributed by atoms with van der Waals surface area (Å²) in [5, 5.41) is 5.64. The Labute approximate surface area is 144 Å². The first-order chi connectivity index (χ1) is 11.6. The molecule has 0 spiro atoms. The van der Waals surface area contributed by atoms with Gasteiger partial charge in [0.05, 0.1) is 0 Å². The van der Waals surface area contributed by atoms with Crippen LogP contribution in [0.4, 0.5) is 5.69 Å². The highest BCUT2D eigenvalue weighted by Crippen LogP contribution is 2.09. The third-order valence-corrected chi connectivity index (χ3v) is 4.32. The molecule has 0 atom stereocenters. The standard InChI is InChI=1S/C18H28N4O2/c1-3-21-11-13-22(14-12-21)10-4-9-19-18(24)16-5-7-17(8-6-16)20-15(2)23/h5-8H,3-4,9-14H2,1-2H3,(H,19,24)(H,20,23). The molecule has 1 aromatic carbocycles. The molecule has 2 N–H and O–H groups in total. The summed E-state index contributed by atoms with van der Waals surface area (Å²) in [5.74, 6) is -0.188. The first kappa shape index (κ1) is 18.4. The number of rotatable bonds is 7. The lowest BCUT2D eigenvalue weighted by Crippen LogP contribution is -2.46. The molecule has 6 nitrogen and oxygen atoms in total. The zero-order valence-electron chi connectivity index (χ0n) is 14.7. The third-order valence-electron chi connectivity index (χ3n) is 4.32. The molecule has 2 rings (SSSR count). The molecule has 132 valence electrons. The molecule has 0 radical (unpaired) electrons. The van der Waals surface area contributed by atoms with Crippen molar-refractivity contribution < 1.29 is 9.59 Å². The van der Waals surface area contributed by atoms with Crippen LogP contribution in [0.25, 0.3) is 0 Å². The highest BCUT2D eigenvalue weighted by molar-refractivity contribution is 5.95. The number of hydrogen-bond donors (Lipinski definition) is 2. The summed E-state index contributed by atoms with van der Waals surface area (Å²) in [7, 11) is 0. The molecule has 24 heavy (non-hydrogen) atoms. The Kier molecular flexibility index (Phi) is 7.21. The molecule has 1 fully saturated rings. The molecule has 1 aromatic rings. The molecule has 1 saturated heterocycles. The van der Waals surface area contributed by atoms with Crippen molar-refractivity contribution in [3.63, 3.8) is 0 Å². The van der Waals surface area contributed by atoms with E-state index in [1.807, 2.05) is 0 Å². The number of carbonyl (C=O) groups excluding carboxylic acids is 2. The Morgan fingerprint density at radius 2 is 1.67 bits per heavy atom. The van der Waals surface area contributed by atoms with E-state index in [2.05, 4.69) is 27.4 Å². The van der Waals surface area contributed by atoms with Crippen LogP contribution in [0.1, 0.15) is 30.6 Å². The highest BCUT2D eigenvalue weighted by Gasteiger charge is 2.14. The Balaban J connectivity index is 1.65. The van der Waals surface area contributed by atoms with Gasteiger partial charge < -0.3 is 20.4 Å². The second-order valence-corrected chi connectivity index (χ2v) is 6.14. The molecular weight excluding hydrogens is 304 g/mol. The topological polar surface area (TPSA) is 64.7 Å². The van der Waals surface area contributed by atoms with Gasteiger partial charge in [0.2, 0.25) is 5.91 Å². The minimum atomic E-state index is -0.119. The summed E-state index contributed by atoms with van der Waals surface area (Å²) in [4.78, 5) is 28.0. The fourth-order valence-corrected chi connectivity index (χ4v) is 2.84. The second-order valence-electron chi connectivity index (χ2n) is 6.14. The van der Waals surface area contributed by atoms with E-state index in [0.717, 1.165) is 45.7 Å². The maximum absolute atomic E-state index is 12.1. The smallest absolute Gasteiger partial charge is 0.251 e. The average molecular weight is 332 g/mol. The van der Waals surface area contributed by atoms with Crippen molar-refractivity contribution in [2.75, 3.05) is 51.1 Å². The third kappa shape index (κ3) is 5.94. The summed E-state index contributed by atoms with van der Waals surface area (Å²) in [5.41, 5.74) is 1.31. The van der Waals surface area contributed by atoms with Crippen molar-refractivity contribution >= 4 is 17.5 Å². The van der Waals surface area contributed by atoms with Crippen LogP contribution in [0.3, 0.4) is 0 Å². The molecule has 0 aromatic heterocycles. The van der Waals surface area contributed by atoms with Crippen LogP contribution >= 0.6 is 0 Å². The predicted octanol–water partition coefficient (Wildman–Crippen LogP) is 1.40. The van der Waals surface area contributed by atoms with Crippen LogP contribution in [-0.4, -0.2) is 67.4 Å². The van der Waals surface area contributed by atoms with Gasteiger partial charge in [-0.2, -0.15) is 0 Å². The zero-order valence-corrected chi connectivity index (χ0v) is 14.7. The number of hydrogen-bond acceptors (Lipinski definition) is 4. The summed E-state index contributed by atoms with van der Waals surface area (Å²) < 4.78 is 0. The van der Waals surface area contributed by atoms with Gasteiger partial charge in [-0.15, -0.1) is 0 Å². The first-order valence-corrected chi connectivity index (χ1v) is 8.69. The van der Waals surface area contributed by atoms with E-state index >= 15 is 0 Å². The maximum atomic E-state index is 12.1. The van der Waals surface area contributed by atoms with Crippen molar-refractivity contribution in [2.45, 2.75) is 20.3 Å². The highest BCUT2D eigenvalue weighted by atomic mass is 16.2. The van der Waals surface area contributed by atoms with Gasteiger partial charge in [-0.3, -0.25) is 9.59 Å². The van der Waals surface area contributed by atoms with Crippen molar-refractivity contribution in [1.82, 2.24) is 15.1 Å². The molecule has 0 aliphatic carbocycles. The minimum absolute atomic E-state index is 0.0693. The fourth-order valence-electron chi connectivity index (χ4n) is 2.84. The van der Waals surface area contributed by atoms with E-state index in [4.69, 9.17) is 0 Å². The number of carbonyl (C=O) groups is 2. The monoisotopic (exact) mass is 332 g/mol. The van der Waals surface area contributed by atoms with Crippen molar-refractivity contribution in [3.8, 4) is 0 Å². The van der Waals surface area contributed by atoms with E-state index in [9.17, 15) is 9.59 Å². The summed E-state index contributed by atoms with van der Waals surface area (Å²) >= 11 is 0. The van der Waals surface area contributed by atoms with Gasteiger partial charge in [-0.25, -0.2) is 0 Å². The number of anilines is 1. The quantitative estimate of drug-likeness (QED) is 0.741. The largest absolute Gasteiger partial charge is 0.352 e. The van der Waals surface area contributed by atoms with Crippen LogP contribution in [0.5, 0.6) is 0 Å². The molecule has 0 unspecified atom stereocenters. The molecule has 0 bridgehead atoms. The lowest BCUT2D eigenvalue weighted by atomic mass is 10.2. The predicted molar refractivity (Wildman–Crippen MR) is 96.2 cm³/mol. The van der Waals surface area contributed by atoms with Gasteiger partial charge in [0.15, 0.2) is 0 Å². The normalized spacial score (nSPS) is 15.9. The van der Waals surface area contributed by atoms with Crippen LogP contribution in [-0.2, 0) is 4.79 Å². The molecule has 1 heterocycles. The van der Waals surface area contributed by atoms with Crippen LogP contribution in [0.2, 0.25) is 0 Å². The Bertz CT molecular complexity index is 536. The van der Waals surface area contributed by atoms with Crippen LogP contribution < -0.4 is 10.6 Å². The molecule has 6 heteroatoms. The summed E-state index contributed by atoms with van der Waals surface area (Å²) in [6, 6.07) is 6.93. The molecular formula is C18H28N4O2. The van der Waals surface area contributed by atoms with Crippen molar-refractivity contribution in [1.29, 1.82) is 0 Å². The Morgan fingerprint density at radius 1 is 1.04 bits per heavy atom. The van der Waals surface area contributed by atoms with Gasteiger partial charge in [-0.05, 0) is 43.8 Å². The lowest BCUT2D eigenvalue weighted by molar-refractivity contribution is -0.114. The van der Waals surface area contributed by atoms with E-state index < -0.39 is 0 Å². The SMILES string of the molecule is CCN1CCN(CCCNC(=O)c2ccc(NC(C)=O)cc2)CC1. The Hall–Kier alpha value is -1.92. The van der Waals surface area contributed by atoms with Gasteiger partial charge >= 0.3 is 0 Å². The zero-order chi connectivity index (χ0) is 17.4. The van der Waals surface area contributed by atoms with E-state index in [-0.39, 0.29) is 11.8 Å². The number of piperazine rings is 1. The second kappa shape index (κ2) is 9.39. The Morgan fingerprint density at radius 3 is 2.25 bits per heavy atom. The molecule has 1 aliphatic heterocycles. The molecule has 0 saturated carbocycles. The molecule has 1 aliphatic rings. The van der Waals surface area contributed by atoms with E-state index in [0.29, 0.717) is 17.8 Å².